The topological polar surface area (TPSA) is 0 Å². The van der Waals surface area contributed by atoms with E-state index in [2.05, 4.69) is 171 Å². The summed E-state index contributed by atoms with van der Waals surface area (Å²) in [5.74, 6) is 1.22. The fourth-order valence-corrected chi connectivity index (χ4v) is 7.98. The number of rotatable bonds is 3. The maximum atomic E-state index is 5.52. The van der Waals surface area contributed by atoms with E-state index in [1.54, 1.807) is 48.5 Å². The summed E-state index contributed by atoms with van der Waals surface area (Å²) in [6, 6.07) is 44.4. The van der Waals surface area contributed by atoms with E-state index < -0.39 is 0 Å². The van der Waals surface area contributed by atoms with Gasteiger partial charge in [0.2, 0.25) is 0 Å². The molecule has 0 saturated carbocycles. The van der Waals surface area contributed by atoms with Crippen molar-refractivity contribution in [1.82, 2.24) is 0 Å². The van der Waals surface area contributed by atoms with E-state index in [4.69, 9.17) is 23.2 Å². The van der Waals surface area contributed by atoms with Gasteiger partial charge in [0.05, 0.1) is 0 Å². The van der Waals surface area contributed by atoms with E-state index in [0.29, 0.717) is 11.8 Å². The Hall–Kier alpha value is -3.29. The van der Waals surface area contributed by atoms with Crippen molar-refractivity contribution in [1.29, 1.82) is 0 Å². The molecule has 1 unspecified atom stereocenters. The fourth-order valence-electron chi connectivity index (χ4n) is 7.73. The molecule has 6 aromatic rings. The van der Waals surface area contributed by atoms with Gasteiger partial charge in [-0.05, 0) is 75.8 Å². The fraction of sp³-hybridized carbons (Fsp3) is 0.268. The molecule has 0 heterocycles. The van der Waals surface area contributed by atoms with Crippen molar-refractivity contribution in [3.05, 3.63) is 200 Å². The predicted octanol–water partition coefficient (Wildman–Crippen LogP) is 16.9. The average molecular weight is 966 g/mol. The first-order chi connectivity index (χ1) is 28.0. The number of benzene rings is 6. The zero-order valence-electron chi connectivity index (χ0n) is 37.6. The van der Waals surface area contributed by atoms with Crippen LogP contribution in [-0.4, -0.2) is 4.21 Å². The van der Waals surface area contributed by atoms with Gasteiger partial charge in [-0.25, -0.2) is 6.08 Å². The van der Waals surface area contributed by atoms with E-state index >= 15 is 0 Å². The Morgan fingerprint density at radius 2 is 1.10 bits per heavy atom. The molecule has 1 atom stereocenters. The van der Waals surface area contributed by atoms with Crippen LogP contribution in [0.15, 0.2) is 121 Å². The van der Waals surface area contributed by atoms with Crippen molar-refractivity contribution < 1.29 is 24.2 Å². The third-order valence-electron chi connectivity index (χ3n) is 10.4. The first-order valence-corrected chi connectivity index (χ1v) is 22.8. The monoisotopic (exact) mass is 962 g/mol. The van der Waals surface area contributed by atoms with E-state index in [1.165, 1.54) is 108 Å². The van der Waals surface area contributed by atoms with Gasteiger partial charge in [-0.15, -0.1) is 77.3 Å². The van der Waals surface area contributed by atoms with Crippen LogP contribution in [-0.2, 0) is 30.7 Å². The van der Waals surface area contributed by atoms with Crippen molar-refractivity contribution in [3.63, 3.8) is 0 Å². The normalized spacial score (nSPS) is 12.8. The van der Waals surface area contributed by atoms with Gasteiger partial charge in [-0.3, -0.25) is 6.08 Å². The summed E-state index contributed by atoms with van der Waals surface area (Å²) in [5, 5.41) is 1.53. The van der Waals surface area contributed by atoms with Crippen LogP contribution < -0.4 is 0 Å². The number of halogens is 4. The molecule has 0 aliphatic heterocycles. The minimum atomic E-state index is 0. The van der Waals surface area contributed by atoms with Crippen LogP contribution in [0.1, 0.15) is 79.1 Å². The number of aryl methyl sites for hydroxylation is 6. The molecular weight excluding hydrogens is 906 g/mol. The van der Waals surface area contributed by atoms with Gasteiger partial charge in [0.1, 0.15) is 0 Å². The number of hydrogen-bond donors (Lipinski definition) is 0. The van der Waals surface area contributed by atoms with Gasteiger partial charge < -0.3 is 0 Å². The van der Waals surface area contributed by atoms with Crippen molar-refractivity contribution in [2.45, 2.75) is 82.6 Å². The van der Waals surface area contributed by atoms with Crippen LogP contribution in [0.3, 0.4) is 0 Å². The zero-order chi connectivity index (χ0) is 43.4. The molecule has 320 valence electrons. The summed E-state index contributed by atoms with van der Waals surface area (Å²) in [7, 11) is 0. The van der Waals surface area contributed by atoms with Gasteiger partial charge in [0.15, 0.2) is 0 Å². The number of allylic oxidation sites excluding steroid dienone is 4. The summed E-state index contributed by atoms with van der Waals surface area (Å²) in [4.78, 5) is 0. The van der Waals surface area contributed by atoms with Gasteiger partial charge in [-0.1, -0.05) is 143 Å². The molecule has 0 aromatic heterocycles. The van der Waals surface area contributed by atoms with E-state index in [-0.39, 0.29) is 30.2 Å². The molecule has 0 saturated heterocycles. The van der Waals surface area contributed by atoms with E-state index in [0.717, 1.165) is 16.5 Å². The Labute approximate surface area is 406 Å². The molecule has 0 amide bonds. The Morgan fingerprint density at radius 3 is 1.49 bits per heavy atom. The summed E-state index contributed by atoms with van der Waals surface area (Å²) < 4.78 is 3.34. The van der Waals surface area contributed by atoms with Crippen LogP contribution in [0.25, 0.3) is 33.4 Å². The van der Waals surface area contributed by atoms with Crippen molar-refractivity contribution in [2.75, 3.05) is 0 Å². The van der Waals surface area contributed by atoms with Gasteiger partial charge >= 0.3 is 28.4 Å². The Morgan fingerprint density at radius 1 is 0.639 bits per heavy atom. The second-order valence-corrected chi connectivity index (χ2v) is 17.6. The molecule has 0 bridgehead atoms. The van der Waals surface area contributed by atoms with Crippen LogP contribution in [0.4, 0.5) is 0 Å². The molecule has 0 N–H and O–H groups in total. The minimum absolute atomic E-state index is 0. The molecular formula is C56H60Cl4Zr-4. The third kappa shape index (κ3) is 15.2. The van der Waals surface area contributed by atoms with Crippen LogP contribution in [0.5, 0.6) is 0 Å². The number of hydrogen-bond acceptors (Lipinski definition) is 0. The second kappa shape index (κ2) is 25.1. The zero-order valence-corrected chi connectivity index (χ0v) is 43.2. The molecule has 61 heavy (non-hydrogen) atoms. The molecule has 5 heteroatoms. The Kier molecular flexibility index (Phi) is 22.2. The first kappa shape index (κ1) is 53.8. The summed E-state index contributed by atoms with van der Waals surface area (Å²) in [5.41, 5.74) is 20.4. The van der Waals surface area contributed by atoms with E-state index in [1.807, 2.05) is 0 Å². The molecule has 2 aliphatic rings. The Bertz CT molecular complexity index is 2200. The second-order valence-electron chi connectivity index (χ2n) is 16.7. The molecule has 2 aliphatic carbocycles. The van der Waals surface area contributed by atoms with Gasteiger partial charge in [0, 0.05) is 0 Å². The standard InChI is InChI=1S/C31H29.C12H19.2C6H4Cl.CH2.2ClH.Zr/c1-18-11-20(3)30(21(4)12-18)24-7-9-28-26(15-24)17-27-16-25(8-10-29(27)28)31-22(5)13-19(2)14-23(31)6;1-9(2)10-6-7-11(8-10)12(3,4)5;2*7-6-4-2-1-3-5-6;;;;/h7-15H,17H2,1-6H3;7-10H,1-5H3;2*2-5H;1H2;2*1H;/q4*-1;;;;. The summed E-state index contributed by atoms with van der Waals surface area (Å²) in [6.45, 7) is 24.5. The van der Waals surface area contributed by atoms with Crippen LogP contribution in [0, 0.1) is 83.1 Å². The predicted molar refractivity (Wildman–Crippen MR) is 269 cm³/mol. The molecule has 6 aromatic carbocycles. The van der Waals surface area contributed by atoms with Crippen LogP contribution in [0.2, 0.25) is 10.0 Å². The van der Waals surface area contributed by atoms with E-state index in [9.17, 15) is 0 Å². The average Bonchev–Trinajstić information content (AvgIpc) is 3.83. The first-order valence-electron chi connectivity index (χ1n) is 20.3. The van der Waals surface area contributed by atoms with Crippen LogP contribution >= 0.6 is 48.0 Å². The van der Waals surface area contributed by atoms with Gasteiger partial charge in [0.25, 0.3) is 0 Å². The quantitative estimate of drug-likeness (QED) is 0.155. The van der Waals surface area contributed by atoms with Crippen molar-refractivity contribution in [3.8, 4) is 33.4 Å². The number of fused-ring (bicyclic) bond motifs is 3. The van der Waals surface area contributed by atoms with Gasteiger partial charge in [-0.2, -0.15) is 72.3 Å². The third-order valence-corrected chi connectivity index (χ3v) is 10.9. The SMILES string of the molecule is CC(C)C1[C-]=CC(C(C)(C)C)=C1.Cc1cc(C)c(-c2[c-]c3c(cc2)-c2ccc(-c4c(C)cc(C)cc4C)cc2C3)c(C)c1.Cl.Cl.Clc1cc[c-]cc1.Clc1cc[c-]cc1.[CH2]=[Zr]. The molecule has 0 nitrogen and oxygen atoms in total. The van der Waals surface area contributed by atoms with Crippen molar-refractivity contribution in [2.24, 2.45) is 17.3 Å². The Balaban J connectivity index is 0.000000349. The molecule has 0 fully saturated rings. The summed E-state index contributed by atoms with van der Waals surface area (Å²) >= 11 is 12.3. The van der Waals surface area contributed by atoms with Crippen molar-refractivity contribution >= 4 is 52.2 Å². The summed E-state index contributed by atoms with van der Waals surface area (Å²) in [6.07, 6.45) is 8.86. The molecule has 0 spiro atoms. The maximum absolute atomic E-state index is 5.52. The molecule has 8 rings (SSSR count). The molecule has 0 radical (unpaired) electrons.